The van der Waals surface area contributed by atoms with Crippen LogP contribution in [0.4, 0.5) is 5.82 Å². The van der Waals surface area contributed by atoms with Gasteiger partial charge in [-0.25, -0.2) is 0 Å². The molecule has 0 spiro atoms. The molecule has 0 saturated heterocycles. The molecule has 17 heavy (non-hydrogen) atoms. The fourth-order valence-electron chi connectivity index (χ4n) is 1.67. The molecular formula is C10H17N7. The predicted octanol–water partition coefficient (Wildman–Crippen LogP) is -0.0449. The number of aromatic nitrogens is 5. The number of hydrogen-bond acceptors (Lipinski definition) is 6. The lowest BCUT2D eigenvalue weighted by molar-refractivity contribution is 0.674. The molecule has 0 amide bonds. The molecule has 0 unspecified atom stereocenters. The van der Waals surface area contributed by atoms with Crippen molar-refractivity contribution in [3.8, 4) is 0 Å². The maximum Gasteiger partial charge on any atom is 0.200 e. The molecule has 0 bridgehead atoms. The summed E-state index contributed by atoms with van der Waals surface area (Å²) in [6.45, 7) is 4.98. The average Bonchev–Trinajstić information content (AvgIpc) is 2.81. The lowest BCUT2D eigenvalue weighted by atomic mass is 10.3. The van der Waals surface area contributed by atoms with Gasteiger partial charge in [0.15, 0.2) is 11.5 Å². The number of hydrogen-bond donors (Lipinski definition) is 1. The van der Waals surface area contributed by atoms with E-state index < -0.39 is 0 Å². The molecule has 0 saturated carbocycles. The van der Waals surface area contributed by atoms with E-state index in [1.54, 1.807) is 0 Å². The Bertz CT molecular complexity index is 466. The maximum absolute atomic E-state index is 4.39. The zero-order chi connectivity index (χ0) is 12.1. The van der Waals surface area contributed by atoms with Crippen molar-refractivity contribution in [3.05, 3.63) is 12.1 Å². The molecule has 0 aromatic carbocycles. The van der Waals surface area contributed by atoms with Crippen molar-refractivity contribution < 1.29 is 0 Å². The maximum atomic E-state index is 4.39. The standard InChI is InChI=1S/C10H17N7/c1-3-7-16(8-6-11-2)10-5-4-9-12-14-15-17(9)13-10/h4-5,11H,3,6-8H2,1-2H3. The van der Waals surface area contributed by atoms with Crippen molar-refractivity contribution in [3.63, 3.8) is 0 Å². The summed E-state index contributed by atoms with van der Waals surface area (Å²) < 4.78 is 1.46. The van der Waals surface area contributed by atoms with Gasteiger partial charge in [0.2, 0.25) is 0 Å². The molecule has 7 nitrogen and oxygen atoms in total. The van der Waals surface area contributed by atoms with Gasteiger partial charge in [0.1, 0.15) is 0 Å². The van der Waals surface area contributed by atoms with Gasteiger partial charge < -0.3 is 10.2 Å². The Labute approximate surface area is 99.8 Å². The van der Waals surface area contributed by atoms with Crippen molar-refractivity contribution in [1.82, 2.24) is 30.6 Å². The van der Waals surface area contributed by atoms with E-state index in [-0.39, 0.29) is 0 Å². The molecule has 2 rings (SSSR count). The van der Waals surface area contributed by atoms with Crippen molar-refractivity contribution in [2.75, 3.05) is 31.6 Å². The van der Waals surface area contributed by atoms with E-state index in [2.05, 4.69) is 37.8 Å². The van der Waals surface area contributed by atoms with Crippen LogP contribution in [0, 0.1) is 0 Å². The molecule has 0 radical (unpaired) electrons. The zero-order valence-corrected chi connectivity index (χ0v) is 10.2. The first kappa shape index (κ1) is 11.7. The van der Waals surface area contributed by atoms with Gasteiger partial charge in [0, 0.05) is 19.6 Å². The summed E-state index contributed by atoms with van der Waals surface area (Å²) in [4.78, 5) is 2.22. The van der Waals surface area contributed by atoms with E-state index in [1.807, 2.05) is 19.2 Å². The highest BCUT2D eigenvalue weighted by molar-refractivity contribution is 5.44. The molecule has 0 aliphatic heterocycles. The quantitative estimate of drug-likeness (QED) is 0.757. The van der Waals surface area contributed by atoms with Crippen molar-refractivity contribution in [2.24, 2.45) is 0 Å². The largest absolute Gasteiger partial charge is 0.354 e. The average molecular weight is 235 g/mol. The van der Waals surface area contributed by atoms with Crippen LogP contribution in [-0.2, 0) is 0 Å². The Kier molecular flexibility index (Phi) is 3.81. The summed E-state index contributed by atoms with van der Waals surface area (Å²) in [7, 11) is 1.95. The van der Waals surface area contributed by atoms with Crippen molar-refractivity contribution >= 4 is 11.5 Å². The van der Waals surface area contributed by atoms with Crippen LogP contribution >= 0.6 is 0 Å². The fraction of sp³-hybridized carbons (Fsp3) is 0.600. The molecule has 1 N–H and O–H groups in total. The number of anilines is 1. The van der Waals surface area contributed by atoms with E-state index in [4.69, 9.17) is 0 Å². The summed E-state index contributed by atoms with van der Waals surface area (Å²) in [5.41, 5.74) is 0.666. The second kappa shape index (κ2) is 5.53. The number of nitrogens with zero attached hydrogens (tertiary/aromatic N) is 6. The first-order valence-electron chi connectivity index (χ1n) is 5.80. The van der Waals surface area contributed by atoms with Gasteiger partial charge >= 0.3 is 0 Å². The number of fused-ring (bicyclic) bond motifs is 1. The summed E-state index contributed by atoms with van der Waals surface area (Å²) in [6, 6.07) is 3.83. The lowest BCUT2D eigenvalue weighted by Gasteiger charge is -2.22. The van der Waals surface area contributed by atoms with Gasteiger partial charge in [0.05, 0.1) is 0 Å². The normalized spacial score (nSPS) is 10.9. The Morgan fingerprint density at radius 2 is 2.24 bits per heavy atom. The van der Waals surface area contributed by atoms with E-state index in [1.165, 1.54) is 4.63 Å². The molecule has 7 heteroatoms. The Morgan fingerprint density at radius 3 is 3.00 bits per heavy atom. The van der Waals surface area contributed by atoms with E-state index >= 15 is 0 Å². The third kappa shape index (κ3) is 2.68. The molecule has 2 heterocycles. The molecule has 0 aliphatic rings. The molecule has 0 atom stereocenters. The highest BCUT2D eigenvalue weighted by atomic mass is 15.6. The fourth-order valence-corrected chi connectivity index (χ4v) is 1.67. The minimum absolute atomic E-state index is 0.666. The minimum Gasteiger partial charge on any atom is -0.354 e. The lowest BCUT2D eigenvalue weighted by Crippen LogP contribution is -2.32. The SMILES string of the molecule is CCCN(CCNC)c1ccc2nnnn2n1. The van der Waals surface area contributed by atoms with Crippen LogP contribution in [0.5, 0.6) is 0 Å². The topological polar surface area (TPSA) is 71.2 Å². The van der Waals surface area contributed by atoms with Gasteiger partial charge in [0.25, 0.3) is 0 Å². The van der Waals surface area contributed by atoms with Crippen molar-refractivity contribution in [1.29, 1.82) is 0 Å². The summed E-state index contributed by atoms with van der Waals surface area (Å²) in [5, 5.41) is 18.7. The zero-order valence-electron chi connectivity index (χ0n) is 10.2. The number of nitrogens with one attached hydrogen (secondary N) is 1. The van der Waals surface area contributed by atoms with Gasteiger partial charge in [-0.3, -0.25) is 0 Å². The van der Waals surface area contributed by atoms with Gasteiger partial charge in [-0.2, -0.15) is 0 Å². The van der Waals surface area contributed by atoms with Crippen molar-refractivity contribution in [2.45, 2.75) is 13.3 Å². The minimum atomic E-state index is 0.666. The Morgan fingerprint density at radius 1 is 1.35 bits per heavy atom. The van der Waals surface area contributed by atoms with Crippen LogP contribution in [0.25, 0.3) is 5.65 Å². The predicted molar refractivity (Wildman–Crippen MR) is 65.0 cm³/mol. The van der Waals surface area contributed by atoms with Crippen LogP contribution < -0.4 is 10.2 Å². The number of rotatable bonds is 6. The van der Waals surface area contributed by atoms with E-state index in [0.29, 0.717) is 5.65 Å². The second-order valence-electron chi connectivity index (χ2n) is 3.81. The second-order valence-corrected chi connectivity index (χ2v) is 3.81. The first-order valence-corrected chi connectivity index (χ1v) is 5.80. The summed E-state index contributed by atoms with van der Waals surface area (Å²) in [5.74, 6) is 0.905. The first-order chi connectivity index (χ1) is 8.35. The number of likely N-dealkylation sites (N-methyl/N-ethyl adjacent to an activating group) is 1. The molecule has 2 aromatic rings. The monoisotopic (exact) mass is 235 g/mol. The smallest absolute Gasteiger partial charge is 0.200 e. The van der Waals surface area contributed by atoms with Gasteiger partial charge in [-0.15, -0.1) is 14.8 Å². The van der Waals surface area contributed by atoms with E-state index in [9.17, 15) is 0 Å². The Balaban J connectivity index is 2.20. The Hall–Kier alpha value is -1.76. The van der Waals surface area contributed by atoms with Crippen LogP contribution in [0.15, 0.2) is 12.1 Å². The van der Waals surface area contributed by atoms with Crippen LogP contribution in [-0.4, -0.2) is 51.9 Å². The molecular weight excluding hydrogens is 218 g/mol. The van der Waals surface area contributed by atoms with Gasteiger partial charge in [-0.05, 0) is 36.0 Å². The van der Waals surface area contributed by atoms with Crippen LogP contribution in [0.1, 0.15) is 13.3 Å². The van der Waals surface area contributed by atoms with E-state index in [0.717, 1.165) is 31.9 Å². The third-order valence-corrected chi connectivity index (χ3v) is 2.50. The number of tetrazole rings is 1. The van der Waals surface area contributed by atoms with Gasteiger partial charge in [-0.1, -0.05) is 6.92 Å². The highest BCUT2D eigenvalue weighted by Crippen LogP contribution is 2.10. The molecule has 0 fully saturated rings. The third-order valence-electron chi connectivity index (χ3n) is 2.50. The molecule has 92 valence electrons. The highest BCUT2D eigenvalue weighted by Gasteiger charge is 2.08. The molecule has 0 aliphatic carbocycles. The van der Waals surface area contributed by atoms with Crippen LogP contribution in [0.2, 0.25) is 0 Å². The summed E-state index contributed by atoms with van der Waals surface area (Å²) in [6.07, 6.45) is 1.08. The van der Waals surface area contributed by atoms with Crippen LogP contribution in [0.3, 0.4) is 0 Å². The summed E-state index contributed by atoms with van der Waals surface area (Å²) >= 11 is 0. The molecule has 2 aromatic heterocycles.